The minimum Gasteiger partial charge on any atom is -0.497 e. The summed E-state index contributed by atoms with van der Waals surface area (Å²) in [7, 11) is 1.60. The number of amides is 3. The Hall–Kier alpha value is -3.02. The van der Waals surface area contributed by atoms with E-state index in [2.05, 4.69) is 61.8 Å². The number of anilines is 1. The lowest BCUT2D eigenvalue weighted by atomic mass is 9.92. The quantitative estimate of drug-likeness (QED) is 0.474. The predicted molar refractivity (Wildman–Crippen MR) is 133 cm³/mol. The molecule has 3 amide bonds. The molecule has 0 aliphatic heterocycles. The van der Waals surface area contributed by atoms with Crippen LogP contribution in [0.3, 0.4) is 0 Å². The number of rotatable bonds is 8. The number of carbonyl (C=O) groups is 2. The molecular formula is C27H37N3O3. The van der Waals surface area contributed by atoms with Crippen molar-refractivity contribution in [1.82, 2.24) is 10.6 Å². The second-order valence-electron chi connectivity index (χ2n) is 9.60. The number of hydrogen-bond donors (Lipinski definition) is 3. The summed E-state index contributed by atoms with van der Waals surface area (Å²) in [4.78, 5) is 25.8. The number of urea groups is 1. The summed E-state index contributed by atoms with van der Waals surface area (Å²) in [6, 6.07) is 13.0. The molecule has 0 heterocycles. The minimum atomic E-state index is -0.438. The van der Waals surface area contributed by atoms with Crippen molar-refractivity contribution in [2.75, 3.05) is 19.0 Å². The second kappa shape index (κ2) is 10.7. The Labute approximate surface area is 197 Å². The van der Waals surface area contributed by atoms with Crippen molar-refractivity contribution in [3.8, 4) is 5.75 Å². The average molecular weight is 452 g/mol. The molecule has 0 saturated heterocycles. The number of ether oxygens (including phenoxy) is 1. The van der Waals surface area contributed by atoms with E-state index in [1.54, 1.807) is 31.4 Å². The summed E-state index contributed by atoms with van der Waals surface area (Å²) < 4.78 is 5.18. The number of nitrogens with one attached hydrogen (secondary N) is 3. The molecule has 1 fully saturated rings. The van der Waals surface area contributed by atoms with E-state index in [1.165, 1.54) is 0 Å². The van der Waals surface area contributed by atoms with E-state index in [-0.39, 0.29) is 11.9 Å². The van der Waals surface area contributed by atoms with Crippen LogP contribution >= 0.6 is 0 Å². The van der Waals surface area contributed by atoms with Crippen LogP contribution in [0.1, 0.15) is 86.7 Å². The maximum absolute atomic E-state index is 12.9. The zero-order valence-electron chi connectivity index (χ0n) is 20.5. The smallest absolute Gasteiger partial charge is 0.319 e. The SMILES string of the molecule is COc1ccc(C(=O)NC2(CNC(=O)Nc3c(C(C)C)cccc3C(C)C)CCCC2)cc1. The maximum Gasteiger partial charge on any atom is 0.319 e. The Morgan fingerprint density at radius 3 is 2.03 bits per heavy atom. The van der Waals surface area contributed by atoms with E-state index in [0.717, 1.165) is 42.5 Å². The average Bonchev–Trinajstić information content (AvgIpc) is 3.26. The van der Waals surface area contributed by atoms with Gasteiger partial charge < -0.3 is 20.7 Å². The number of methoxy groups -OCH3 is 1. The van der Waals surface area contributed by atoms with E-state index < -0.39 is 5.54 Å². The Kier molecular flexibility index (Phi) is 8.01. The van der Waals surface area contributed by atoms with Gasteiger partial charge >= 0.3 is 6.03 Å². The molecule has 0 atom stereocenters. The fourth-order valence-electron chi connectivity index (χ4n) is 4.56. The molecule has 33 heavy (non-hydrogen) atoms. The minimum absolute atomic E-state index is 0.131. The van der Waals surface area contributed by atoms with E-state index in [1.807, 2.05) is 0 Å². The molecule has 0 unspecified atom stereocenters. The van der Waals surface area contributed by atoms with Crippen molar-refractivity contribution < 1.29 is 14.3 Å². The molecule has 1 aliphatic carbocycles. The Balaban J connectivity index is 1.69. The van der Waals surface area contributed by atoms with Gasteiger partial charge in [0.1, 0.15) is 5.75 Å². The standard InChI is InChI=1S/C27H37N3O3/c1-18(2)22-9-8-10-23(19(3)4)24(22)29-26(32)28-17-27(15-6-7-16-27)30-25(31)20-11-13-21(33-5)14-12-20/h8-14,18-19H,6-7,15-17H2,1-5H3,(H,30,31)(H2,28,29,32). The summed E-state index contributed by atoms with van der Waals surface area (Å²) in [6.45, 7) is 8.91. The van der Waals surface area contributed by atoms with Gasteiger partial charge in [0.05, 0.1) is 12.6 Å². The van der Waals surface area contributed by atoms with Crippen LogP contribution < -0.4 is 20.7 Å². The van der Waals surface area contributed by atoms with Crippen LogP contribution in [0, 0.1) is 0 Å². The van der Waals surface area contributed by atoms with Gasteiger partial charge in [-0.25, -0.2) is 4.79 Å². The van der Waals surface area contributed by atoms with E-state index in [0.29, 0.717) is 29.7 Å². The van der Waals surface area contributed by atoms with Crippen molar-refractivity contribution in [3.05, 3.63) is 59.2 Å². The first-order valence-electron chi connectivity index (χ1n) is 11.9. The van der Waals surface area contributed by atoms with Crippen LogP contribution in [0.5, 0.6) is 5.75 Å². The molecule has 0 bridgehead atoms. The van der Waals surface area contributed by atoms with Crippen molar-refractivity contribution in [3.63, 3.8) is 0 Å². The lowest BCUT2D eigenvalue weighted by molar-refractivity contribution is 0.0899. The molecule has 6 nitrogen and oxygen atoms in total. The van der Waals surface area contributed by atoms with Gasteiger partial charge in [-0.05, 0) is 60.1 Å². The molecule has 1 saturated carbocycles. The van der Waals surface area contributed by atoms with Gasteiger partial charge in [-0.2, -0.15) is 0 Å². The van der Waals surface area contributed by atoms with Crippen molar-refractivity contribution in [2.45, 2.75) is 70.8 Å². The van der Waals surface area contributed by atoms with Gasteiger partial charge in [0.2, 0.25) is 0 Å². The normalized spacial score (nSPS) is 14.9. The first-order valence-corrected chi connectivity index (χ1v) is 11.9. The third-order valence-corrected chi connectivity index (χ3v) is 6.49. The molecule has 0 aromatic heterocycles. The van der Waals surface area contributed by atoms with E-state index >= 15 is 0 Å². The molecule has 0 radical (unpaired) electrons. The highest BCUT2D eigenvalue weighted by atomic mass is 16.5. The Morgan fingerprint density at radius 1 is 0.939 bits per heavy atom. The van der Waals surface area contributed by atoms with Crippen LogP contribution in [0.2, 0.25) is 0 Å². The topological polar surface area (TPSA) is 79.5 Å². The van der Waals surface area contributed by atoms with Gasteiger partial charge in [-0.1, -0.05) is 58.7 Å². The van der Waals surface area contributed by atoms with Gasteiger partial charge in [0.15, 0.2) is 0 Å². The molecule has 1 aliphatic rings. The molecule has 0 spiro atoms. The molecule has 2 aromatic rings. The van der Waals surface area contributed by atoms with Crippen LogP contribution in [0.15, 0.2) is 42.5 Å². The number of hydrogen-bond acceptors (Lipinski definition) is 3. The summed E-state index contributed by atoms with van der Waals surface area (Å²) in [6.07, 6.45) is 3.74. The second-order valence-corrected chi connectivity index (χ2v) is 9.60. The Morgan fingerprint density at radius 2 is 1.52 bits per heavy atom. The zero-order valence-corrected chi connectivity index (χ0v) is 20.5. The maximum atomic E-state index is 12.9. The van der Waals surface area contributed by atoms with Crippen LogP contribution in [0.25, 0.3) is 0 Å². The fourth-order valence-corrected chi connectivity index (χ4v) is 4.56. The van der Waals surface area contributed by atoms with Gasteiger partial charge in [-0.3, -0.25) is 4.79 Å². The molecule has 6 heteroatoms. The van der Waals surface area contributed by atoms with Crippen molar-refractivity contribution in [1.29, 1.82) is 0 Å². The van der Waals surface area contributed by atoms with Crippen LogP contribution in [-0.2, 0) is 0 Å². The monoisotopic (exact) mass is 451 g/mol. The summed E-state index contributed by atoms with van der Waals surface area (Å²) >= 11 is 0. The van der Waals surface area contributed by atoms with Crippen molar-refractivity contribution >= 4 is 17.6 Å². The van der Waals surface area contributed by atoms with Gasteiger partial charge in [0, 0.05) is 17.8 Å². The summed E-state index contributed by atoms with van der Waals surface area (Å²) in [5.74, 6) is 1.17. The highest BCUT2D eigenvalue weighted by Gasteiger charge is 2.36. The molecule has 2 aromatic carbocycles. The lowest BCUT2D eigenvalue weighted by Crippen LogP contribution is -2.54. The molecular weight excluding hydrogens is 414 g/mol. The highest BCUT2D eigenvalue weighted by molar-refractivity contribution is 5.95. The zero-order chi connectivity index (χ0) is 24.0. The molecule has 178 valence electrons. The summed E-state index contributed by atoms with van der Waals surface area (Å²) in [5, 5.41) is 9.34. The van der Waals surface area contributed by atoms with Gasteiger partial charge in [-0.15, -0.1) is 0 Å². The number of carbonyl (C=O) groups excluding carboxylic acids is 2. The van der Waals surface area contributed by atoms with Crippen LogP contribution in [0.4, 0.5) is 10.5 Å². The molecule has 3 rings (SSSR count). The predicted octanol–water partition coefficient (Wildman–Crippen LogP) is 5.81. The number of benzene rings is 2. The lowest BCUT2D eigenvalue weighted by Gasteiger charge is -2.31. The first kappa shape index (κ1) is 24.6. The Bertz CT molecular complexity index is 935. The molecule has 3 N–H and O–H groups in total. The number of para-hydroxylation sites is 1. The third-order valence-electron chi connectivity index (χ3n) is 6.49. The fraction of sp³-hybridized carbons (Fsp3) is 0.481. The largest absolute Gasteiger partial charge is 0.497 e. The van der Waals surface area contributed by atoms with Gasteiger partial charge in [0.25, 0.3) is 5.91 Å². The summed E-state index contributed by atoms with van der Waals surface area (Å²) in [5.41, 5.74) is 3.29. The van der Waals surface area contributed by atoms with E-state index in [9.17, 15) is 9.59 Å². The van der Waals surface area contributed by atoms with Crippen molar-refractivity contribution in [2.24, 2.45) is 0 Å². The van der Waals surface area contributed by atoms with Crippen LogP contribution in [-0.4, -0.2) is 31.1 Å². The third kappa shape index (κ3) is 6.06. The van der Waals surface area contributed by atoms with E-state index in [4.69, 9.17) is 4.74 Å². The first-order chi connectivity index (χ1) is 15.7. The highest BCUT2D eigenvalue weighted by Crippen LogP contribution is 2.33.